The summed E-state index contributed by atoms with van der Waals surface area (Å²) >= 11 is 0. The molecule has 0 aliphatic heterocycles. The molecule has 0 amide bonds. The van der Waals surface area contributed by atoms with Gasteiger partial charge in [-0.1, -0.05) is 420 Å². The van der Waals surface area contributed by atoms with Crippen LogP contribution in [0, 0.1) is 0 Å². The summed E-state index contributed by atoms with van der Waals surface area (Å²) in [5.41, 5.74) is 0. The van der Waals surface area contributed by atoms with E-state index in [2.05, 4.69) is 98.9 Å². The molecule has 1 N–H and O–H groups in total. The lowest BCUT2D eigenvalue weighted by molar-refractivity contribution is -0.870. The van der Waals surface area contributed by atoms with Crippen LogP contribution in [0.1, 0.15) is 438 Å². The first kappa shape index (κ1) is 99.5. The highest BCUT2D eigenvalue weighted by Crippen LogP contribution is 2.20. The summed E-state index contributed by atoms with van der Waals surface area (Å²) in [6.45, 7) is 4.82. The summed E-state index contributed by atoms with van der Waals surface area (Å²) in [5.74, 6) is -1.97. The molecule has 0 fully saturated rings. The standard InChI is InChI=1S/C94H171NO8/c1-6-8-10-12-14-16-18-20-22-24-26-28-30-32-34-36-38-40-42-44-45-46-47-49-50-52-54-56-58-60-62-64-66-68-70-72-74-76-78-80-82-84-91(96)101-88-90(89-102-94(93(98)99)100-87-86-95(3,4)5)103-92(97)85-83-81-79-77-75-73-71-69-67-65-63-61-59-57-55-53-51-48-43-41-39-37-35-33-31-29-27-25-23-21-19-17-15-13-11-9-7-2/h9,11,15,17-18,20-21,23-24,26-27,29-30,32,90,94H,6-8,10,12-14,16,19,22,25,28,31,33-89H2,1-5H3/p+1/b11-9-,17-15-,20-18-,23-21-,26-24-,29-27-,32-30-. The van der Waals surface area contributed by atoms with Crippen molar-refractivity contribution in [2.24, 2.45) is 0 Å². The fraction of sp³-hybridized carbons (Fsp3) is 0.819. The average molecular weight is 1440 g/mol. The minimum absolute atomic E-state index is 0.177. The lowest BCUT2D eigenvalue weighted by atomic mass is 10.0. The van der Waals surface area contributed by atoms with E-state index in [0.717, 1.165) is 77.0 Å². The van der Waals surface area contributed by atoms with Crippen molar-refractivity contribution >= 4 is 17.9 Å². The van der Waals surface area contributed by atoms with Crippen LogP contribution in [0.25, 0.3) is 0 Å². The van der Waals surface area contributed by atoms with Gasteiger partial charge in [0.2, 0.25) is 0 Å². The Morgan fingerprint density at radius 1 is 0.301 bits per heavy atom. The van der Waals surface area contributed by atoms with Crippen molar-refractivity contribution in [2.75, 3.05) is 47.5 Å². The molecule has 0 spiro atoms. The third-order valence-electron chi connectivity index (χ3n) is 20.1. The van der Waals surface area contributed by atoms with E-state index < -0.39 is 18.4 Å². The number of unbranched alkanes of at least 4 members (excludes halogenated alkanes) is 55. The summed E-state index contributed by atoms with van der Waals surface area (Å²) in [6, 6.07) is 0. The molecule has 0 aromatic rings. The Hall–Kier alpha value is -3.53. The molecule has 0 saturated heterocycles. The number of ether oxygens (including phenoxy) is 4. The third-order valence-corrected chi connectivity index (χ3v) is 20.1. The predicted molar refractivity (Wildman–Crippen MR) is 447 cm³/mol. The Morgan fingerprint density at radius 2 is 0.553 bits per heavy atom. The molecule has 0 aliphatic rings. The molecule has 600 valence electrons. The number of carboxylic acids is 1. The second kappa shape index (κ2) is 84.1. The molecule has 0 radical (unpaired) electrons. The molecule has 0 saturated carbocycles. The van der Waals surface area contributed by atoms with Crippen molar-refractivity contribution < 1.29 is 42.9 Å². The zero-order chi connectivity index (χ0) is 74.6. The minimum atomic E-state index is -1.51. The van der Waals surface area contributed by atoms with Crippen LogP contribution in [0.3, 0.4) is 0 Å². The quantitative estimate of drug-likeness (QED) is 0.0211. The van der Waals surface area contributed by atoms with Gasteiger partial charge in [0.1, 0.15) is 13.2 Å². The normalized spacial score (nSPS) is 13.0. The fourth-order valence-corrected chi connectivity index (χ4v) is 13.4. The van der Waals surface area contributed by atoms with E-state index in [9.17, 15) is 19.5 Å². The Balaban J connectivity index is 3.90. The largest absolute Gasteiger partial charge is 0.477 e. The molecular formula is C94H172NO8+. The van der Waals surface area contributed by atoms with Crippen LogP contribution >= 0.6 is 0 Å². The highest BCUT2D eigenvalue weighted by molar-refractivity contribution is 5.71. The van der Waals surface area contributed by atoms with Crippen LogP contribution in [0.15, 0.2) is 85.1 Å². The molecule has 0 heterocycles. The average Bonchev–Trinajstić information content (AvgIpc) is 1.16. The van der Waals surface area contributed by atoms with Crippen LogP contribution in [0.2, 0.25) is 0 Å². The fourth-order valence-electron chi connectivity index (χ4n) is 13.4. The van der Waals surface area contributed by atoms with Gasteiger partial charge in [0.25, 0.3) is 6.29 Å². The zero-order valence-corrected chi connectivity index (χ0v) is 69.0. The first-order chi connectivity index (χ1) is 50.6. The molecule has 0 aliphatic carbocycles. The second-order valence-electron chi connectivity index (χ2n) is 31.5. The molecule has 0 aromatic carbocycles. The smallest absolute Gasteiger partial charge is 0.361 e. The number of rotatable bonds is 84. The maximum absolute atomic E-state index is 13.0. The van der Waals surface area contributed by atoms with E-state index in [4.69, 9.17) is 18.9 Å². The number of nitrogens with zero attached hydrogens (tertiary/aromatic N) is 1. The van der Waals surface area contributed by atoms with Crippen molar-refractivity contribution in [1.29, 1.82) is 0 Å². The van der Waals surface area contributed by atoms with E-state index in [1.165, 1.54) is 334 Å². The molecule has 9 heteroatoms. The highest BCUT2D eigenvalue weighted by atomic mass is 16.7. The Kier molecular flexibility index (Phi) is 81.2. The van der Waals surface area contributed by atoms with Crippen molar-refractivity contribution in [2.45, 2.75) is 450 Å². The maximum atomic E-state index is 13.0. The lowest BCUT2D eigenvalue weighted by Gasteiger charge is -2.25. The number of allylic oxidation sites excluding steroid dienone is 14. The molecule has 103 heavy (non-hydrogen) atoms. The molecule has 2 unspecified atom stereocenters. The molecule has 0 bridgehead atoms. The topological polar surface area (TPSA) is 108 Å². The monoisotopic (exact) mass is 1440 g/mol. The van der Waals surface area contributed by atoms with Gasteiger partial charge in [-0.15, -0.1) is 0 Å². The van der Waals surface area contributed by atoms with Gasteiger partial charge in [-0.2, -0.15) is 0 Å². The lowest BCUT2D eigenvalue weighted by Crippen LogP contribution is -2.40. The van der Waals surface area contributed by atoms with Gasteiger partial charge in [0.05, 0.1) is 34.4 Å². The molecule has 9 nitrogen and oxygen atoms in total. The molecule has 0 aromatic heterocycles. The van der Waals surface area contributed by atoms with E-state index >= 15 is 0 Å². The van der Waals surface area contributed by atoms with Gasteiger partial charge >= 0.3 is 17.9 Å². The minimum Gasteiger partial charge on any atom is -0.477 e. The maximum Gasteiger partial charge on any atom is 0.361 e. The number of hydrogen-bond donors (Lipinski definition) is 1. The van der Waals surface area contributed by atoms with Crippen LogP contribution in [0.5, 0.6) is 0 Å². The number of carboxylic acid groups (broad SMARTS) is 1. The van der Waals surface area contributed by atoms with Gasteiger partial charge in [-0.05, 0) is 89.9 Å². The van der Waals surface area contributed by atoms with Crippen LogP contribution < -0.4 is 0 Å². The van der Waals surface area contributed by atoms with Crippen molar-refractivity contribution in [3.05, 3.63) is 85.1 Å². The second-order valence-corrected chi connectivity index (χ2v) is 31.5. The van der Waals surface area contributed by atoms with E-state index in [1.807, 2.05) is 21.1 Å². The SMILES string of the molecule is CC/C=C\C/C=C\C/C=C\C/C=C\CCCCCCCCCCCCCCCCCCCCCCCCCCC(=O)OC(COC(=O)CCCCCCCCCCCCCCCCCCCCCCCCCCCC/C=C\C/C=C\C/C=C\CCCCCCC)COC(OCC[N+](C)(C)C)C(=O)O. The van der Waals surface area contributed by atoms with Gasteiger partial charge in [0, 0.05) is 12.8 Å². The summed E-state index contributed by atoms with van der Waals surface area (Å²) in [6.07, 6.45) is 114. The van der Waals surface area contributed by atoms with Crippen LogP contribution in [-0.4, -0.2) is 87.4 Å². The van der Waals surface area contributed by atoms with Crippen molar-refractivity contribution in [3.8, 4) is 0 Å². The first-order valence-corrected chi connectivity index (χ1v) is 44.8. The van der Waals surface area contributed by atoms with E-state index in [0.29, 0.717) is 17.4 Å². The van der Waals surface area contributed by atoms with Gasteiger partial charge in [0.15, 0.2) is 6.10 Å². The Labute approximate surface area is 640 Å². The molecule has 2 atom stereocenters. The molecular weight excluding hydrogens is 1270 g/mol. The number of hydrogen-bond acceptors (Lipinski definition) is 7. The highest BCUT2D eigenvalue weighted by Gasteiger charge is 2.25. The number of aliphatic carboxylic acids is 1. The summed E-state index contributed by atoms with van der Waals surface area (Å²) in [7, 11) is 6.00. The summed E-state index contributed by atoms with van der Waals surface area (Å²) in [5, 5.41) is 9.79. The summed E-state index contributed by atoms with van der Waals surface area (Å²) < 4.78 is 23.1. The number of esters is 2. The van der Waals surface area contributed by atoms with Crippen molar-refractivity contribution in [3.63, 3.8) is 0 Å². The Bertz CT molecular complexity index is 1980. The van der Waals surface area contributed by atoms with E-state index in [-0.39, 0.29) is 38.2 Å². The van der Waals surface area contributed by atoms with Crippen LogP contribution in [0.4, 0.5) is 0 Å². The predicted octanol–water partition coefficient (Wildman–Crippen LogP) is 29.3. The van der Waals surface area contributed by atoms with Crippen LogP contribution in [-0.2, 0) is 33.3 Å². The van der Waals surface area contributed by atoms with Gasteiger partial charge in [-0.3, -0.25) is 9.59 Å². The third kappa shape index (κ3) is 85.6. The Morgan fingerprint density at radius 3 is 0.825 bits per heavy atom. The number of carbonyl (C=O) groups excluding carboxylic acids is 2. The first-order valence-electron chi connectivity index (χ1n) is 44.8. The number of carbonyl (C=O) groups is 3. The van der Waals surface area contributed by atoms with Crippen molar-refractivity contribution in [1.82, 2.24) is 0 Å². The van der Waals surface area contributed by atoms with Gasteiger partial charge < -0.3 is 28.5 Å². The number of quaternary nitrogens is 1. The zero-order valence-electron chi connectivity index (χ0n) is 69.0. The van der Waals surface area contributed by atoms with Gasteiger partial charge in [-0.25, -0.2) is 4.79 Å². The van der Waals surface area contributed by atoms with E-state index in [1.54, 1.807) is 0 Å². The summed E-state index contributed by atoms with van der Waals surface area (Å²) in [4.78, 5) is 37.8. The molecule has 0 rings (SSSR count). The number of likely N-dealkylation sites (N-methyl/N-ethyl adjacent to an activating group) is 1.